The summed E-state index contributed by atoms with van der Waals surface area (Å²) < 4.78 is 0. The van der Waals surface area contributed by atoms with Crippen LogP contribution in [0.15, 0.2) is 18.3 Å². The predicted molar refractivity (Wildman–Crippen MR) is 76.0 cm³/mol. The van der Waals surface area contributed by atoms with E-state index in [9.17, 15) is 4.79 Å². The fourth-order valence-electron chi connectivity index (χ4n) is 2.36. The van der Waals surface area contributed by atoms with E-state index in [0.717, 1.165) is 18.5 Å². The van der Waals surface area contributed by atoms with Gasteiger partial charge in [0.2, 0.25) is 0 Å². The van der Waals surface area contributed by atoms with Crippen molar-refractivity contribution in [3.63, 3.8) is 0 Å². The number of carbonyl (C=O) groups excluding carboxylic acids is 1. The molecule has 0 spiro atoms. The molecular formula is C14H19BrN2O. The summed E-state index contributed by atoms with van der Waals surface area (Å²) >= 11 is 3.69. The molecule has 18 heavy (non-hydrogen) atoms. The fraction of sp³-hybridized carbons (Fsp3) is 0.571. The molecular weight excluding hydrogens is 292 g/mol. The van der Waals surface area contributed by atoms with Crippen LogP contribution in [0.25, 0.3) is 0 Å². The minimum absolute atomic E-state index is 0.0110. The van der Waals surface area contributed by atoms with Gasteiger partial charge in [-0.2, -0.15) is 0 Å². The maximum absolute atomic E-state index is 12.2. The number of aromatic nitrogens is 1. The van der Waals surface area contributed by atoms with Gasteiger partial charge in [0.05, 0.1) is 0 Å². The van der Waals surface area contributed by atoms with Gasteiger partial charge in [-0.25, -0.2) is 0 Å². The third kappa shape index (κ3) is 3.55. The van der Waals surface area contributed by atoms with E-state index in [1.807, 2.05) is 13.0 Å². The maximum Gasteiger partial charge on any atom is 0.251 e. The summed E-state index contributed by atoms with van der Waals surface area (Å²) in [5.74, 6) is 0.0110. The van der Waals surface area contributed by atoms with Crippen molar-refractivity contribution in [3.05, 3.63) is 29.6 Å². The Labute approximate surface area is 117 Å². The number of halogens is 1. The van der Waals surface area contributed by atoms with Crippen LogP contribution < -0.4 is 5.32 Å². The molecule has 2 unspecified atom stereocenters. The number of nitrogens with one attached hydrogen (secondary N) is 1. The van der Waals surface area contributed by atoms with Gasteiger partial charge in [0.1, 0.15) is 0 Å². The third-order valence-corrected chi connectivity index (χ3v) is 4.50. The smallest absolute Gasteiger partial charge is 0.251 e. The van der Waals surface area contributed by atoms with Crippen LogP contribution in [0.2, 0.25) is 0 Å². The monoisotopic (exact) mass is 310 g/mol. The Balaban J connectivity index is 2.01. The van der Waals surface area contributed by atoms with Gasteiger partial charge in [-0.15, -0.1) is 0 Å². The summed E-state index contributed by atoms with van der Waals surface area (Å²) in [7, 11) is 0. The number of rotatable bonds is 2. The fourth-order valence-corrected chi connectivity index (χ4v) is 3.08. The molecule has 0 aliphatic heterocycles. The highest BCUT2D eigenvalue weighted by Crippen LogP contribution is 2.24. The molecule has 1 saturated carbocycles. The second-order valence-corrected chi connectivity index (χ2v) is 6.10. The first-order chi connectivity index (χ1) is 8.66. The van der Waals surface area contributed by atoms with Crippen molar-refractivity contribution in [2.75, 3.05) is 0 Å². The van der Waals surface area contributed by atoms with E-state index in [0.29, 0.717) is 10.4 Å². The summed E-state index contributed by atoms with van der Waals surface area (Å²) in [6, 6.07) is 3.84. The van der Waals surface area contributed by atoms with Crippen molar-refractivity contribution in [1.82, 2.24) is 10.3 Å². The second-order valence-electron chi connectivity index (χ2n) is 4.92. The summed E-state index contributed by atoms with van der Waals surface area (Å²) in [4.78, 5) is 16.7. The highest BCUT2D eigenvalue weighted by atomic mass is 79.9. The quantitative estimate of drug-likeness (QED) is 0.673. The topological polar surface area (TPSA) is 42.0 Å². The lowest BCUT2D eigenvalue weighted by atomic mass is 10.1. The first-order valence-electron chi connectivity index (χ1n) is 6.54. The molecule has 1 heterocycles. The number of hydrogen-bond donors (Lipinski definition) is 1. The van der Waals surface area contributed by atoms with Gasteiger partial charge >= 0.3 is 0 Å². The van der Waals surface area contributed by atoms with Crippen molar-refractivity contribution >= 4 is 21.8 Å². The molecule has 1 aliphatic carbocycles. The van der Waals surface area contributed by atoms with Gasteiger partial charge in [0.25, 0.3) is 5.91 Å². The molecule has 1 amide bonds. The van der Waals surface area contributed by atoms with Crippen LogP contribution in [0.1, 0.15) is 48.2 Å². The number of pyridine rings is 1. The zero-order chi connectivity index (χ0) is 13.0. The highest BCUT2D eigenvalue weighted by molar-refractivity contribution is 9.09. The van der Waals surface area contributed by atoms with E-state index in [1.165, 1.54) is 19.3 Å². The lowest BCUT2D eigenvalue weighted by Crippen LogP contribution is -2.40. The van der Waals surface area contributed by atoms with Crippen LogP contribution in [0.3, 0.4) is 0 Å². The summed E-state index contributed by atoms with van der Waals surface area (Å²) in [5.41, 5.74) is 1.57. The standard InChI is InChI=1S/C14H19BrN2O/c1-10-9-11(7-8-16-10)14(18)17-13-6-4-2-3-5-12(13)15/h7-9,12-13H,2-6H2,1H3,(H,17,18). The molecule has 1 N–H and O–H groups in total. The largest absolute Gasteiger partial charge is 0.348 e. The Bertz CT molecular complexity index is 422. The van der Waals surface area contributed by atoms with Crippen LogP contribution in [-0.4, -0.2) is 21.8 Å². The number of aryl methyl sites for hydroxylation is 1. The Morgan fingerprint density at radius 3 is 2.94 bits per heavy atom. The summed E-state index contributed by atoms with van der Waals surface area (Å²) in [6.07, 6.45) is 7.59. The van der Waals surface area contributed by atoms with Crippen LogP contribution in [-0.2, 0) is 0 Å². The Morgan fingerprint density at radius 1 is 1.39 bits per heavy atom. The minimum Gasteiger partial charge on any atom is -0.348 e. The van der Waals surface area contributed by atoms with E-state index in [1.54, 1.807) is 12.3 Å². The molecule has 0 aromatic carbocycles. The van der Waals surface area contributed by atoms with Crippen LogP contribution in [0, 0.1) is 6.92 Å². The van der Waals surface area contributed by atoms with E-state index >= 15 is 0 Å². The molecule has 1 aromatic heterocycles. The van der Waals surface area contributed by atoms with Crippen LogP contribution in [0.4, 0.5) is 0 Å². The molecule has 4 heteroatoms. The zero-order valence-corrected chi connectivity index (χ0v) is 12.2. The van der Waals surface area contributed by atoms with Crippen molar-refractivity contribution in [1.29, 1.82) is 0 Å². The lowest BCUT2D eigenvalue weighted by Gasteiger charge is -2.21. The number of hydrogen-bond acceptors (Lipinski definition) is 2. The number of carbonyl (C=O) groups is 1. The number of amides is 1. The highest BCUT2D eigenvalue weighted by Gasteiger charge is 2.23. The molecule has 0 saturated heterocycles. The lowest BCUT2D eigenvalue weighted by molar-refractivity contribution is 0.0934. The van der Waals surface area contributed by atoms with Crippen molar-refractivity contribution in [2.45, 2.75) is 49.9 Å². The summed E-state index contributed by atoms with van der Waals surface area (Å²) in [5, 5.41) is 3.14. The molecule has 98 valence electrons. The Morgan fingerprint density at radius 2 is 2.17 bits per heavy atom. The van der Waals surface area contributed by atoms with Crippen molar-refractivity contribution < 1.29 is 4.79 Å². The molecule has 1 aromatic rings. The van der Waals surface area contributed by atoms with Gasteiger partial charge in [-0.05, 0) is 31.9 Å². The van der Waals surface area contributed by atoms with Gasteiger partial charge in [-0.1, -0.05) is 35.2 Å². The third-order valence-electron chi connectivity index (χ3n) is 3.41. The van der Waals surface area contributed by atoms with Crippen molar-refractivity contribution in [3.8, 4) is 0 Å². The predicted octanol–water partition coefficient (Wildman–Crippen LogP) is 3.22. The SMILES string of the molecule is Cc1cc(C(=O)NC2CCCCCC2Br)ccn1. The number of alkyl halides is 1. The maximum atomic E-state index is 12.2. The average molecular weight is 311 g/mol. The van der Waals surface area contributed by atoms with E-state index < -0.39 is 0 Å². The first-order valence-corrected chi connectivity index (χ1v) is 7.46. The van der Waals surface area contributed by atoms with Crippen LogP contribution in [0.5, 0.6) is 0 Å². The van der Waals surface area contributed by atoms with E-state index in [2.05, 4.69) is 26.2 Å². The minimum atomic E-state index is 0.0110. The molecule has 1 fully saturated rings. The first kappa shape index (κ1) is 13.5. The summed E-state index contributed by atoms with van der Waals surface area (Å²) in [6.45, 7) is 1.90. The van der Waals surface area contributed by atoms with Gasteiger partial charge < -0.3 is 5.32 Å². The Kier molecular flexibility index (Phi) is 4.75. The molecule has 3 nitrogen and oxygen atoms in total. The van der Waals surface area contributed by atoms with Gasteiger partial charge in [0.15, 0.2) is 0 Å². The van der Waals surface area contributed by atoms with Crippen LogP contribution >= 0.6 is 15.9 Å². The molecule has 0 bridgehead atoms. The van der Waals surface area contributed by atoms with Gasteiger partial charge in [0, 0.05) is 28.3 Å². The van der Waals surface area contributed by atoms with Gasteiger partial charge in [-0.3, -0.25) is 9.78 Å². The second kappa shape index (κ2) is 6.32. The average Bonchev–Trinajstić information content (AvgIpc) is 2.55. The molecule has 2 rings (SSSR count). The van der Waals surface area contributed by atoms with Crippen molar-refractivity contribution in [2.24, 2.45) is 0 Å². The normalized spacial score (nSPS) is 24.3. The molecule has 1 aliphatic rings. The van der Waals surface area contributed by atoms with E-state index in [4.69, 9.17) is 0 Å². The van der Waals surface area contributed by atoms with E-state index in [-0.39, 0.29) is 11.9 Å². The number of nitrogens with zero attached hydrogens (tertiary/aromatic N) is 1. The molecule has 2 atom stereocenters. The Hall–Kier alpha value is -0.900. The molecule has 0 radical (unpaired) electrons. The zero-order valence-electron chi connectivity index (χ0n) is 10.7.